The minimum absolute atomic E-state index is 0.0221. The van der Waals surface area contributed by atoms with Crippen molar-refractivity contribution in [2.24, 2.45) is 0 Å². The van der Waals surface area contributed by atoms with Crippen LogP contribution in [0.3, 0.4) is 0 Å². The highest BCUT2D eigenvalue weighted by molar-refractivity contribution is 7.39. The number of para-hydroxylation sites is 1. The van der Waals surface area contributed by atoms with E-state index in [1.807, 2.05) is 110 Å². The Morgan fingerprint density at radius 1 is 0.902 bits per heavy atom. The van der Waals surface area contributed by atoms with Crippen molar-refractivity contribution >= 4 is 32.7 Å². The predicted octanol–water partition coefficient (Wildman–Crippen LogP) is 8.06. The quantitative estimate of drug-likeness (QED) is 0.0752. The van der Waals surface area contributed by atoms with Gasteiger partial charge in [0, 0.05) is 11.7 Å². The van der Waals surface area contributed by atoms with Crippen molar-refractivity contribution in [2.45, 2.75) is 58.1 Å². The SMILES string of the molecule is CC(C)c1nn(-c2ccccc2)c(-c2ccc(F)cc2)c1C#CCO[PH](=O)CC(CC(=O)O)O[Si](c1ccccc1)(c1ccccc1)C(C)(C)C. The molecule has 10 heteroatoms. The molecule has 1 heterocycles. The van der Waals surface area contributed by atoms with Gasteiger partial charge in [0.05, 0.1) is 35.2 Å². The molecular weight excluding hydrogens is 679 g/mol. The predicted molar refractivity (Wildman–Crippen MR) is 204 cm³/mol. The summed E-state index contributed by atoms with van der Waals surface area (Å²) in [5.41, 5.74) is 3.72. The van der Waals surface area contributed by atoms with Gasteiger partial charge in [0.1, 0.15) is 12.4 Å². The van der Waals surface area contributed by atoms with Gasteiger partial charge in [0.25, 0.3) is 8.32 Å². The number of aliphatic carboxylic acids is 1. The van der Waals surface area contributed by atoms with Crippen molar-refractivity contribution in [3.05, 3.63) is 132 Å². The molecule has 7 nitrogen and oxygen atoms in total. The number of aromatic nitrogens is 2. The number of hydrogen-bond donors (Lipinski definition) is 1. The molecule has 264 valence electrons. The number of halogens is 1. The van der Waals surface area contributed by atoms with Crippen LogP contribution in [0.25, 0.3) is 16.9 Å². The summed E-state index contributed by atoms with van der Waals surface area (Å²) in [6.45, 7) is 10.2. The van der Waals surface area contributed by atoms with Crippen LogP contribution in [0.2, 0.25) is 5.04 Å². The second-order valence-corrected chi connectivity index (χ2v) is 19.4. The first-order valence-electron chi connectivity index (χ1n) is 17.0. The minimum Gasteiger partial charge on any atom is -0.481 e. The summed E-state index contributed by atoms with van der Waals surface area (Å²) >= 11 is 0. The van der Waals surface area contributed by atoms with Gasteiger partial charge in [0.15, 0.2) is 8.03 Å². The van der Waals surface area contributed by atoms with Crippen LogP contribution in [0.1, 0.15) is 58.2 Å². The van der Waals surface area contributed by atoms with Crippen LogP contribution in [0.4, 0.5) is 4.39 Å². The molecule has 0 spiro atoms. The van der Waals surface area contributed by atoms with E-state index in [0.717, 1.165) is 27.3 Å². The van der Waals surface area contributed by atoms with Crippen LogP contribution in [0.15, 0.2) is 115 Å². The lowest BCUT2D eigenvalue weighted by molar-refractivity contribution is -0.138. The molecule has 0 radical (unpaired) electrons. The molecule has 0 amide bonds. The molecule has 0 saturated heterocycles. The molecule has 0 fully saturated rings. The number of carbonyl (C=O) groups is 1. The van der Waals surface area contributed by atoms with Crippen molar-refractivity contribution in [1.29, 1.82) is 0 Å². The van der Waals surface area contributed by atoms with Gasteiger partial charge in [-0.1, -0.05) is 125 Å². The number of carboxylic acid groups (broad SMARTS) is 1. The molecule has 0 aliphatic carbocycles. The first-order chi connectivity index (χ1) is 24.4. The standard InChI is InChI=1S/C41H44FN2O5PSi/c1-30(2)39-37(40(31-23-25-32(42)26-24-31)44(43-39)33-16-9-6-10-17-33)22-15-27-48-50(47)29-34(28-38(45)46)49-51(41(3,4)5,35-18-11-7-12-19-35)36-20-13-8-14-21-36/h6-14,16-21,23-26,30,34,50H,27-29H2,1-5H3,(H,45,46). The van der Waals surface area contributed by atoms with E-state index >= 15 is 0 Å². The Morgan fingerprint density at radius 3 is 1.96 bits per heavy atom. The third-order valence-corrected chi connectivity index (χ3v) is 15.0. The molecule has 0 aliphatic heterocycles. The fourth-order valence-corrected chi connectivity index (χ4v) is 12.2. The molecule has 1 aromatic heterocycles. The maximum atomic E-state index is 13.9. The highest BCUT2D eigenvalue weighted by Crippen LogP contribution is 2.39. The first-order valence-corrected chi connectivity index (χ1v) is 20.4. The maximum absolute atomic E-state index is 13.9. The fourth-order valence-electron chi connectivity index (χ4n) is 6.37. The Bertz CT molecular complexity index is 1960. The third-order valence-electron chi connectivity index (χ3n) is 8.65. The average molecular weight is 723 g/mol. The van der Waals surface area contributed by atoms with Crippen LogP contribution in [-0.2, 0) is 18.3 Å². The van der Waals surface area contributed by atoms with Crippen molar-refractivity contribution in [1.82, 2.24) is 9.78 Å². The van der Waals surface area contributed by atoms with E-state index in [9.17, 15) is 18.9 Å². The molecule has 2 unspecified atom stereocenters. The Hall–Kier alpha value is -4.58. The summed E-state index contributed by atoms with van der Waals surface area (Å²) in [6.07, 6.45) is -1.27. The van der Waals surface area contributed by atoms with Gasteiger partial charge in [-0.25, -0.2) is 9.07 Å². The van der Waals surface area contributed by atoms with Crippen LogP contribution in [0.5, 0.6) is 0 Å². The lowest BCUT2D eigenvalue weighted by Gasteiger charge is -2.45. The van der Waals surface area contributed by atoms with Gasteiger partial charge in [-0.05, 0) is 57.7 Å². The van der Waals surface area contributed by atoms with Gasteiger partial charge in [-0.2, -0.15) is 5.10 Å². The van der Waals surface area contributed by atoms with E-state index < -0.39 is 33.5 Å². The molecule has 5 rings (SSSR count). The van der Waals surface area contributed by atoms with E-state index in [1.54, 1.807) is 12.1 Å². The van der Waals surface area contributed by atoms with E-state index in [0.29, 0.717) is 11.3 Å². The molecule has 5 aromatic rings. The molecule has 0 saturated carbocycles. The summed E-state index contributed by atoms with van der Waals surface area (Å²) < 4.78 is 42.1. The van der Waals surface area contributed by atoms with E-state index in [2.05, 4.69) is 32.6 Å². The Kier molecular flexibility index (Phi) is 12.3. The number of nitrogens with zero attached hydrogens (tertiary/aromatic N) is 2. The van der Waals surface area contributed by atoms with Crippen molar-refractivity contribution in [3.8, 4) is 28.8 Å². The topological polar surface area (TPSA) is 90.7 Å². The van der Waals surface area contributed by atoms with E-state index in [1.165, 1.54) is 12.1 Å². The summed E-state index contributed by atoms with van der Waals surface area (Å²) in [5, 5.41) is 16.4. The van der Waals surface area contributed by atoms with Crippen LogP contribution in [-0.4, -0.2) is 48.0 Å². The van der Waals surface area contributed by atoms with Gasteiger partial charge in [0.2, 0.25) is 0 Å². The van der Waals surface area contributed by atoms with Crippen LogP contribution >= 0.6 is 8.03 Å². The smallest absolute Gasteiger partial charge is 0.305 e. The normalized spacial score (nSPS) is 13.0. The summed E-state index contributed by atoms with van der Waals surface area (Å²) in [6, 6.07) is 35.7. The zero-order chi connectivity index (χ0) is 36.6. The lowest BCUT2D eigenvalue weighted by Crippen LogP contribution is -2.68. The van der Waals surface area contributed by atoms with Crippen molar-refractivity contribution in [2.75, 3.05) is 12.8 Å². The molecule has 51 heavy (non-hydrogen) atoms. The Labute approximate surface area is 301 Å². The van der Waals surface area contributed by atoms with Crippen LogP contribution in [0, 0.1) is 17.7 Å². The first kappa shape index (κ1) is 37.7. The zero-order valence-corrected chi connectivity index (χ0v) is 31.6. The highest BCUT2D eigenvalue weighted by atomic mass is 31.1. The Balaban J connectivity index is 1.43. The average Bonchev–Trinajstić information content (AvgIpc) is 3.49. The number of rotatable bonds is 13. The molecule has 0 bridgehead atoms. The zero-order valence-electron chi connectivity index (χ0n) is 29.6. The van der Waals surface area contributed by atoms with Crippen molar-refractivity contribution in [3.63, 3.8) is 0 Å². The second kappa shape index (κ2) is 16.6. The minimum atomic E-state index is -3.12. The molecule has 4 aromatic carbocycles. The number of carboxylic acids is 1. The number of benzene rings is 4. The van der Waals surface area contributed by atoms with Gasteiger partial charge in [-0.3, -0.25) is 9.36 Å². The summed E-state index contributed by atoms with van der Waals surface area (Å²) in [7, 11) is -5.89. The van der Waals surface area contributed by atoms with E-state index in [-0.39, 0.29) is 30.9 Å². The Morgan fingerprint density at radius 2 is 1.45 bits per heavy atom. The molecule has 1 N–H and O–H groups in total. The summed E-state index contributed by atoms with van der Waals surface area (Å²) in [5.74, 6) is 4.88. The van der Waals surface area contributed by atoms with Crippen molar-refractivity contribution < 1.29 is 27.8 Å². The molecule has 2 atom stereocenters. The molecule has 0 aliphatic rings. The monoisotopic (exact) mass is 722 g/mol. The van der Waals surface area contributed by atoms with Gasteiger partial charge < -0.3 is 14.1 Å². The van der Waals surface area contributed by atoms with Crippen LogP contribution < -0.4 is 10.4 Å². The fraction of sp³-hybridized carbons (Fsp3) is 0.268. The molecular formula is C41H44FN2O5PSi. The van der Waals surface area contributed by atoms with E-state index in [4.69, 9.17) is 14.0 Å². The second-order valence-electron chi connectivity index (χ2n) is 13.7. The summed E-state index contributed by atoms with van der Waals surface area (Å²) in [4.78, 5) is 12.1. The van der Waals surface area contributed by atoms with Gasteiger partial charge in [-0.15, -0.1) is 0 Å². The largest absolute Gasteiger partial charge is 0.481 e. The van der Waals surface area contributed by atoms with Gasteiger partial charge >= 0.3 is 5.97 Å². The highest BCUT2D eigenvalue weighted by Gasteiger charge is 2.51. The third kappa shape index (κ3) is 8.84. The maximum Gasteiger partial charge on any atom is 0.305 e. The number of hydrogen-bond acceptors (Lipinski definition) is 5. The lowest BCUT2D eigenvalue weighted by atomic mass is 10.0.